The van der Waals surface area contributed by atoms with Gasteiger partial charge < -0.3 is 10.2 Å². The van der Waals surface area contributed by atoms with Crippen LogP contribution in [0.5, 0.6) is 0 Å². The monoisotopic (exact) mass is 230 g/mol. The third-order valence-corrected chi connectivity index (χ3v) is 3.66. The predicted octanol–water partition coefficient (Wildman–Crippen LogP) is 3.04. The van der Waals surface area contributed by atoms with Gasteiger partial charge in [-0.05, 0) is 50.3 Å². The van der Waals surface area contributed by atoms with Crippen molar-refractivity contribution < 1.29 is 4.42 Å². The third kappa shape index (κ3) is 1.84. The van der Waals surface area contributed by atoms with E-state index < -0.39 is 0 Å². The van der Waals surface area contributed by atoms with Crippen molar-refractivity contribution in [3.8, 4) is 0 Å². The number of rotatable bonds is 1. The van der Waals surface area contributed by atoms with E-state index >= 15 is 0 Å². The lowest BCUT2D eigenvalue weighted by Gasteiger charge is -2.02. The van der Waals surface area contributed by atoms with Gasteiger partial charge in [-0.1, -0.05) is 6.07 Å². The molecule has 0 spiro atoms. The summed E-state index contributed by atoms with van der Waals surface area (Å²) in [5.74, 6) is 1.29. The van der Waals surface area contributed by atoms with Crippen LogP contribution in [0.2, 0.25) is 0 Å². The fourth-order valence-corrected chi connectivity index (χ4v) is 2.81. The van der Waals surface area contributed by atoms with Crippen LogP contribution < -0.4 is 5.73 Å². The molecular weight excluding hydrogens is 212 g/mol. The Kier molecular flexibility index (Phi) is 2.44. The topological polar surface area (TPSA) is 52.0 Å². The first-order chi connectivity index (χ1) is 8.13. The average molecular weight is 230 g/mol. The molecule has 3 nitrogen and oxygen atoms in total. The van der Waals surface area contributed by atoms with E-state index in [4.69, 9.17) is 10.2 Å². The number of nitrogens with two attached hydrogens (primary N) is 1. The van der Waals surface area contributed by atoms with Gasteiger partial charge in [0.25, 0.3) is 0 Å². The Hall–Kier alpha value is -1.35. The number of benzene rings is 1. The molecule has 1 aromatic heterocycles. The van der Waals surface area contributed by atoms with E-state index in [1.807, 2.05) is 0 Å². The van der Waals surface area contributed by atoms with Crippen LogP contribution in [-0.2, 0) is 0 Å². The van der Waals surface area contributed by atoms with Gasteiger partial charge in [-0.2, -0.15) is 0 Å². The van der Waals surface area contributed by atoms with Crippen LogP contribution in [0.15, 0.2) is 16.5 Å². The van der Waals surface area contributed by atoms with Crippen LogP contribution in [-0.4, -0.2) is 11.0 Å². The van der Waals surface area contributed by atoms with Crippen LogP contribution in [0.3, 0.4) is 0 Å². The Morgan fingerprint density at radius 3 is 2.82 bits per heavy atom. The van der Waals surface area contributed by atoms with Crippen molar-refractivity contribution in [3.05, 3.63) is 29.2 Å². The van der Waals surface area contributed by atoms with E-state index in [0.29, 0.717) is 12.0 Å². The third-order valence-electron chi connectivity index (χ3n) is 3.66. The largest absolute Gasteiger partial charge is 0.440 e. The molecule has 0 bridgehead atoms. The average Bonchev–Trinajstić information content (AvgIpc) is 2.83. The van der Waals surface area contributed by atoms with Crippen LogP contribution in [0.25, 0.3) is 11.1 Å². The first-order valence-electron chi connectivity index (χ1n) is 6.27. The van der Waals surface area contributed by atoms with Crippen LogP contribution in [0.1, 0.15) is 42.2 Å². The van der Waals surface area contributed by atoms with E-state index in [2.05, 4.69) is 31.0 Å². The van der Waals surface area contributed by atoms with Gasteiger partial charge in [-0.15, -0.1) is 0 Å². The summed E-state index contributed by atoms with van der Waals surface area (Å²) in [6.07, 6.45) is 3.19. The minimum atomic E-state index is 0.317. The van der Waals surface area contributed by atoms with Crippen molar-refractivity contribution in [2.45, 2.75) is 45.1 Å². The Labute approximate surface area is 101 Å². The minimum absolute atomic E-state index is 0.317. The van der Waals surface area contributed by atoms with Crippen LogP contribution in [0, 0.1) is 13.8 Å². The maximum absolute atomic E-state index is 5.94. The summed E-state index contributed by atoms with van der Waals surface area (Å²) in [6.45, 7) is 4.16. The summed E-state index contributed by atoms with van der Waals surface area (Å²) in [4.78, 5) is 4.63. The molecule has 1 saturated carbocycles. The van der Waals surface area contributed by atoms with Crippen molar-refractivity contribution >= 4 is 11.1 Å². The zero-order valence-corrected chi connectivity index (χ0v) is 10.4. The van der Waals surface area contributed by atoms with Gasteiger partial charge in [0, 0.05) is 12.0 Å². The Balaban J connectivity index is 2.04. The highest BCUT2D eigenvalue weighted by molar-refractivity contribution is 5.77. The molecule has 1 heterocycles. The van der Waals surface area contributed by atoms with Crippen molar-refractivity contribution in [1.29, 1.82) is 0 Å². The van der Waals surface area contributed by atoms with E-state index in [9.17, 15) is 0 Å². The molecule has 1 aromatic carbocycles. The maximum Gasteiger partial charge on any atom is 0.198 e. The Morgan fingerprint density at radius 1 is 1.29 bits per heavy atom. The molecule has 0 saturated heterocycles. The van der Waals surface area contributed by atoms with Crippen LogP contribution >= 0.6 is 0 Å². The maximum atomic E-state index is 5.94. The van der Waals surface area contributed by atoms with Crippen molar-refractivity contribution in [2.24, 2.45) is 5.73 Å². The van der Waals surface area contributed by atoms with E-state index in [1.54, 1.807) is 0 Å². The van der Waals surface area contributed by atoms with Gasteiger partial charge in [-0.3, -0.25) is 0 Å². The summed E-state index contributed by atoms with van der Waals surface area (Å²) in [5, 5.41) is 0. The van der Waals surface area contributed by atoms with Crippen LogP contribution in [0.4, 0.5) is 0 Å². The number of nitrogens with zero attached hydrogens (tertiary/aromatic N) is 1. The van der Waals surface area contributed by atoms with E-state index in [0.717, 1.165) is 36.3 Å². The minimum Gasteiger partial charge on any atom is -0.440 e. The second-order valence-electron chi connectivity index (χ2n) is 5.25. The highest BCUT2D eigenvalue weighted by Crippen LogP contribution is 2.35. The van der Waals surface area contributed by atoms with Gasteiger partial charge in [0.2, 0.25) is 0 Å². The number of aromatic nitrogens is 1. The lowest BCUT2D eigenvalue weighted by Crippen LogP contribution is -2.14. The van der Waals surface area contributed by atoms with Gasteiger partial charge in [-0.25, -0.2) is 4.98 Å². The number of hydrogen-bond acceptors (Lipinski definition) is 3. The summed E-state index contributed by atoms with van der Waals surface area (Å²) in [7, 11) is 0. The predicted molar refractivity (Wildman–Crippen MR) is 68.1 cm³/mol. The standard InChI is InChI=1S/C14H18N2O/c1-8-5-9(2)13-12(6-8)16-14(17-13)10-3-4-11(15)7-10/h5-6,10-11H,3-4,7,15H2,1-2H3. The van der Waals surface area contributed by atoms with Gasteiger partial charge in [0.05, 0.1) is 0 Å². The molecule has 3 rings (SSSR count). The lowest BCUT2D eigenvalue weighted by molar-refractivity contribution is 0.470. The fourth-order valence-electron chi connectivity index (χ4n) is 2.81. The molecule has 0 aliphatic heterocycles. The number of oxazole rings is 1. The molecule has 0 radical (unpaired) electrons. The first kappa shape index (κ1) is 10.8. The molecule has 2 unspecified atom stereocenters. The number of fused-ring (bicyclic) bond motifs is 1. The lowest BCUT2D eigenvalue weighted by atomic mass is 10.1. The molecule has 1 aliphatic carbocycles. The molecule has 1 fully saturated rings. The second kappa shape index (κ2) is 3.84. The highest BCUT2D eigenvalue weighted by Gasteiger charge is 2.27. The number of aryl methyl sites for hydroxylation is 2. The molecule has 3 heteroatoms. The zero-order chi connectivity index (χ0) is 12.0. The summed E-state index contributed by atoms with van der Waals surface area (Å²) in [6, 6.07) is 4.54. The molecule has 2 aromatic rings. The summed E-state index contributed by atoms with van der Waals surface area (Å²) >= 11 is 0. The quantitative estimate of drug-likeness (QED) is 0.819. The Bertz CT molecular complexity index is 559. The van der Waals surface area contributed by atoms with Crippen molar-refractivity contribution in [3.63, 3.8) is 0 Å². The van der Waals surface area contributed by atoms with Crippen molar-refractivity contribution in [2.75, 3.05) is 0 Å². The molecule has 90 valence electrons. The number of hydrogen-bond donors (Lipinski definition) is 1. The zero-order valence-electron chi connectivity index (χ0n) is 10.4. The van der Waals surface area contributed by atoms with Gasteiger partial charge in [0.15, 0.2) is 11.5 Å². The SMILES string of the molecule is Cc1cc(C)c2oc(C3CCC(N)C3)nc2c1. The summed E-state index contributed by atoms with van der Waals surface area (Å²) < 4.78 is 5.92. The molecular formula is C14H18N2O. The molecule has 17 heavy (non-hydrogen) atoms. The van der Waals surface area contributed by atoms with Crippen molar-refractivity contribution in [1.82, 2.24) is 4.98 Å². The van der Waals surface area contributed by atoms with E-state index in [-0.39, 0.29) is 0 Å². The summed E-state index contributed by atoms with van der Waals surface area (Å²) in [5.41, 5.74) is 10.3. The Morgan fingerprint density at radius 2 is 2.12 bits per heavy atom. The highest BCUT2D eigenvalue weighted by atomic mass is 16.3. The second-order valence-corrected chi connectivity index (χ2v) is 5.25. The molecule has 1 aliphatic rings. The van der Waals surface area contributed by atoms with Gasteiger partial charge >= 0.3 is 0 Å². The normalized spacial score (nSPS) is 24.6. The first-order valence-corrected chi connectivity index (χ1v) is 6.27. The smallest absolute Gasteiger partial charge is 0.198 e. The fraction of sp³-hybridized carbons (Fsp3) is 0.500. The molecule has 2 atom stereocenters. The molecule has 2 N–H and O–H groups in total. The van der Waals surface area contributed by atoms with E-state index in [1.165, 1.54) is 11.1 Å². The molecule has 0 amide bonds. The van der Waals surface area contributed by atoms with Gasteiger partial charge in [0.1, 0.15) is 5.52 Å².